The summed E-state index contributed by atoms with van der Waals surface area (Å²) >= 11 is 5.76. The van der Waals surface area contributed by atoms with Gasteiger partial charge in [0.05, 0.1) is 17.1 Å². The van der Waals surface area contributed by atoms with Gasteiger partial charge in [-0.15, -0.1) is 4.40 Å². The van der Waals surface area contributed by atoms with Gasteiger partial charge in [0, 0.05) is 18.7 Å². The van der Waals surface area contributed by atoms with Gasteiger partial charge in [0.2, 0.25) is 11.8 Å². The fourth-order valence-corrected chi connectivity index (χ4v) is 5.15. The number of carbonyl (C=O) groups is 2. The van der Waals surface area contributed by atoms with Crippen LogP contribution in [0.25, 0.3) is 0 Å². The van der Waals surface area contributed by atoms with E-state index in [4.69, 9.17) is 11.6 Å². The summed E-state index contributed by atoms with van der Waals surface area (Å²) in [6.45, 7) is 0.298. The number of amidine groups is 1. The summed E-state index contributed by atoms with van der Waals surface area (Å²) in [5.74, 6) is -1.43. The summed E-state index contributed by atoms with van der Waals surface area (Å²) in [7, 11) is -3.91. The molecular formula is C21H20ClFN4O4S. The number of fused-ring (bicyclic) bond motifs is 1. The number of rotatable bonds is 5. The maximum absolute atomic E-state index is 14.0. The number of para-hydroxylation sites is 1. The number of hydrogen-bond acceptors (Lipinski definition) is 5. The zero-order chi connectivity index (χ0) is 22.9. The minimum Gasteiger partial charge on any atom is -0.350 e. The van der Waals surface area contributed by atoms with E-state index in [0.717, 1.165) is 0 Å². The second-order valence-electron chi connectivity index (χ2n) is 7.49. The van der Waals surface area contributed by atoms with E-state index in [9.17, 15) is 22.4 Å². The number of amides is 2. The van der Waals surface area contributed by atoms with E-state index in [1.807, 2.05) is 0 Å². The SMILES string of the molecule is O=C(NCc1cccc(Cl)c1F)[C@@H]1CCCN1C(=O)CC1=NS(=O)(=O)c2ccccc2N1. The molecule has 2 aliphatic rings. The first-order valence-electron chi connectivity index (χ1n) is 9.96. The van der Waals surface area contributed by atoms with Crippen LogP contribution in [0.4, 0.5) is 10.1 Å². The van der Waals surface area contributed by atoms with Crippen LogP contribution in [0, 0.1) is 5.82 Å². The number of halogens is 2. The van der Waals surface area contributed by atoms with Gasteiger partial charge in [-0.05, 0) is 31.0 Å². The molecule has 2 heterocycles. The Balaban J connectivity index is 1.42. The van der Waals surface area contributed by atoms with Crippen molar-refractivity contribution in [2.45, 2.75) is 36.7 Å². The molecule has 0 spiro atoms. The molecule has 32 heavy (non-hydrogen) atoms. The number of hydrogen-bond donors (Lipinski definition) is 2. The predicted molar refractivity (Wildman–Crippen MR) is 117 cm³/mol. The zero-order valence-electron chi connectivity index (χ0n) is 16.8. The van der Waals surface area contributed by atoms with Gasteiger partial charge in [0.1, 0.15) is 22.6 Å². The van der Waals surface area contributed by atoms with Gasteiger partial charge in [-0.25, -0.2) is 4.39 Å². The first kappa shape index (κ1) is 22.2. The van der Waals surface area contributed by atoms with Crippen molar-refractivity contribution in [1.29, 1.82) is 0 Å². The Morgan fingerprint density at radius 1 is 1.22 bits per heavy atom. The van der Waals surface area contributed by atoms with E-state index < -0.39 is 33.7 Å². The standard InChI is InChI=1S/C21H20ClFN4O4S/c22-14-6-3-5-13(20(14)23)12-24-21(29)16-8-4-10-27(16)19(28)11-18-25-15-7-1-2-9-17(15)32(30,31)26-18/h1-3,5-7,9,16H,4,8,10-12H2,(H,24,29)(H,25,26)/t16-/m0/s1. The predicted octanol–water partition coefficient (Wildman–Crippen LogP) is 2.69. The fraction of sp³-hybridized carbons (Fsp3) is 0.286. The van der Waals surface area contributed by atoms with Crippen molar-refractivity contribution in [2.24, 2.45) is 4.40 Å². The minimum atomic E-state index is -3.91. The highest BCUT2D eigenvalue weighted by Crippen LogP contribution is 2.28. The first-order chi connectivity index (χ1) is 15.3. The summed E-state index contributed by atoms with van der Waals surface area (Å²) in [4.78, 5) is 27.0. The lowest BCUT2D eigenvalue weighted by atomic mass is 10.1. The molecule has 0 aromatic heterocycles. The summed E-state index contributed by atoms with van der Waals surface area (Å²) in [6.07, 6.45) is 0.785. The Hall–Kier alpha value is -2.98. The first-order valence-corrected chi connectivity index (χ1v) is 11.8. The highest BCUT2D eigenvalue weighted by atomic mass is 35.5. The van der Waals surface area contributed by atoms with Crippen molar-refractivity contribution in [2.75, 3.05) is 11.9 Å². The molecule has 2 aliphatic heterocycles. The summed E-state index contributed by atoms with van der Waals surface area (Å²) < 4.78 is 42.5. The minimum absolute atomic E-state index is 0.000701. The molecule has 11 heteroatoms. The van der Waals surface area contributed by atoms with Gasteiger partial charge < -0.3 is 15.5 Å². The van der Waals surface area contributed by atoms with Gasteiger partial charge in [-0.3, -0.25) is 9.59 Å². The number of nitrogens with one attached hydrogen (secondary N) is 2. The summed E-state index contributed by atoms with van der Waals surface area (Å²) in [5, 5.41) is 5.49. The van der Waals surface area contributed by atoms with E-state index in [2.05, 4.69) is 15.0 Å². The molecule has 2 aromatic rings. The Morgan fingerprint density at radius 3 is 2.81 bits per heavy atom. The van der Waals surface area contributed by atoms with Crippen molar-refractivity contribution >= 4 is 45.0 Å². The second-order valence-corrected chi connectivity index (χ2v) is 9.47. The topological polar surface area (TPSA) is 108 Å². The van der Waals surface area contributed by atoms with Crippen molar-refractivity contribution in [3.05, 3.63) is 58.9 Å². The van der Waals surface area contributed by atoms with Gasteiger partial charge in [0.15, 0.2) is 0 Å². The molecule has 8 nitrogen and oxygen atoms in total. The van der Waals surface area contributed by atoms with Crippen LogP contribution in [0.15, 0.2) is 51.8 Å². The van der Waals surface area contributed by atoms with Crippen LogP contribution in [0.3, 0.4) is 0 Å². The Kier molecular flexibility index (Phi) is 6.16. The number of likely N-dealkylation sites (tertiary alicyclic amines) is 1. The van der Waals surface area contributed by atoms with Crippen molar-refractivity contribution in [3.63, 3.8) is 0 Å². The normalized spacial score (nSPS) is 19.0. The molecule has 1 atom stereocenters. The highest BCUT2D eigenvalue weighted by Gasteiger charge is 2.35. The quantitative estimate of drug-likeness (QED) is 0.687. The van der Waals surface area contributed by atoms with Crippen LogP contribution >= 0.6 is 11.6 Å². The van der Waals surface area contributed by atoms with E-state index in [-0.39, 0.29) is 34.3 Å². The molecular weight excluding hydrogens is 459 g/mol. The van der Waals surface area contributed by atoms with Gasteiger partial charge in [-0.2, -0.15) is 8.42 Å². The lowest BCUT2D eigenvalue weighted by Gasteiger charge is -2.25. The van der Waals surface area contributed by atoms with Crippen LogP contribution in [0.2, 0.25) is 5.02 Å². The van der Waals surface area contributed by atoms with Crippen LogP contribution in [-0.4, -0.2) is 43.6 Å². The summed E-state index contributed by atoms with van der Waals surface area (Å²) in [5.41, 5.74) is 0.593. The number of anilines is 1. The van der Waals surface area contributed by atoms with Gasteiger partial charge in [0.25, 0.3) is 10.0 Å². The molecule has 4 rings (SSSR count). The molecule has 2 aromatic carbocycles. The number of carbonyl (C=O) groups excluding carboxylic acids is 2. The van der Waals surface area contributed by atoms with Crippen molar-refractivity contribution in [1.82, 2.24) is 10.2 Å². The van der Waals surface area contributed by atoms with E-state index >= 15 is 0 Å². The fourth-order valence-electron chi connectivity index (χ4n) is 3.81. The molecule has 0 bridgehead atoms. The van der Waals surface area contributed by atoms with E-state index in [1.165, 1.54) is 23.1 Å². The highest BCUT2D eigenvalue weighted by molar-refractivity contribution is 7.90. The van der Waals surface area contributed by atoms with E-state index in [1.54, 1.807) is 24.3 Å². The number of nitrogens with zero attached hydrogens (tertiary/aromatic N) is 2. The third-order valence-electron chi connectivity index (χ3n) is 5.35. The Morgan fingerprint density at radius 2 is 2.00 bits per heavy atom. The van der Waals surface area contributed by atoms with Crippen molar-refractivity contribution in [3.8, 4) is 0 Å². The van der Waals surface area contributed by atoms with Gasteiger partial charge >= 0.3 is 0 Å². The third-order valence-corrected chi connectivity index (χ3v) is 7.02. The largest absolute Gasteiger partial charge is 0.350 e. The van der Waals surface area contributed by atoms with Crippen LogP contribution in [0.1, 0.15) is 24.8 Å². The number of benzene rings is 2. The average Bonchev–Trinajstić information content (AvgIpc) is 3.24. The molecule has 2 amide bonds. The maximum atomic E-state index is 14.0. The van der Waals surface area contributed by atoms with Crippen LogP contribution < -0.4 is 10.6 Å². The van der Waals surface area contributed by atoms with Crippen LogP contribution in [-0.2, 0) is 26.2 Å². The molecule has 1 fully saturated rings. The van der Waals surface area contributed by atoms with Crippen LogP contribution in [0.5, 0.6) is 0 Å². The Labute approximate surface area is 189 Å². The molecule has 2 N–H and O–H groups in total. The van der Waals surface area contributed by atoms with Crippen molar-refractivity contribution < 1.29 is 22.4 Å². The average molecular weight is 479 g/mol. The van der Waals surface area contributed by atoms with E-state index in [0.29, 0.717) is 25.1 Å². The molecule has 0 aliphatic carbocycles. The summed E-state index contributed by atoms with van der Waals surface area (Å²) in [6, 6.07) is 10.1. The second kappa shape index (κ2) is 8.87. The lowest BCUT2D eigenvalue weighted by Crippen LogP contribution is -2.46. The molecule has 1 saturated heterocycles. The lowest BCUT2D eigenvalue weighted by molar-refractivity contribution is -0.137. The van der Waals surface area contributed by atoms with Gasteiger partial charge in [-0.1, -0.05) is 35.9 Å². The zero-order valence-corrected chi connectivity index (χ0v) is 18.4. The third kappa shape index (κ3) is 4.46. The monoisotopic (exact) mass is 478 g/mol. The molecule has 168 valence electrons. The molecule has 0 radical (unpaired) electrons. The number of sulfonamides is 1. The molecule has 0 saturated carbocycles. The molecule has 0 unspecified atom stereocenters. The Bertz CT molecular complexity index is 1220. The maximum Gasteiger partial charge on any atom is 0.286 e. The smallest absolute Gasteiger partial charge is 0.286 e.